The summed E-state index contributed by atoms with van der Waals surface area (Å²) in [5, 5.41) is 18.7. The molecule has 2 rings (SSSR count). The quantitative estimate of drug-likeness (QED) is 0.402. The molecule has 2 atom stereocenters. The lowest BCUT2D eigenvalue weighted by atomic mass is 10.1. The number of ether oxygens (including phenoxy) is 1. The Kier molecular flexibility index (Phi) is 9.30. The van der Waals surface area contributed by atoms with Crippen LogP contribution >= 0.6 is 11.3 Å². The molecule has 0 aliphatic carbocycles. The van der Waals surface area contributed by atoms with Crippen LogP contribution in [0.25, 0.3) is 0 Å². The zero-order valence-corrected chi connectivity index (χ0v) is 17.6. The molecule has 2 unspecified atom stereocenters. The molecule has 1 heterocycles. The van der Waals surface area contributed by atoms with Crippen LogP contribution < -0.4 is 15.4 Å². The van der Waals surface area contributed by atoms with Gasteiger partial charge in [-0.2, -0.15) is 8.78 Å². The number of rotatable bonds is 10. The van der Waals surface area contributed by atoms with Crippen molar-refractivity contribution >= 4 is 17.3 Å². The van der Waals surface area contributed by atoms with Gasteiger partial charge >= 0.3 is 6.61 Å². The van der Waals surface area contributed by atoms with Crippen molar-refractivity contribution in [1.82, 2.24) is 15.5 Å². The van der Waals surface area contributed by atoms with Crippen molar-refractivity contribution in [3.05, 3.63) is 52.2 Å². The van der Waals surface area contributed by atoms with Crippen molar-refractivity contribution in [3.8, 4) is 5.75 Å². The minimum atomic E-state index is -2.87. The topological polar surface area (TPSA) is 69.1 Å². The third kappa shape index (κ3) is 7.60. The van der Waals surface area contributed by atoms with Crippen molar-refractivity contribution in [3.63, 3.8) is 0 Å². The monoisotopic (exact) mass is 426 g/mol. The molecule has 29 heavy (non-hydrogen) atoms. The lowest BCUT2D eigenvalue weighted by molar-refractivity contribution is -0.0498. The summed E-state index contributed by atoms with van der Waals surface area (Å²) in [4.78, 5) is 8.01. The molecule has 0 spiro atoms. The van der Waals surface area contributed by atoms with Crippen LogP contribution in [0.15, 0.2) is 46.8 Å². The van der Waals surface area contributed by atoms with Gasteiger partial charge in [-0.15, -0.1) is 11.3 Å². The van der Waals surface area contributed by atoms with Gasteiger partial charge in [0.05, 0.1) is 18.7 Å². The molecule has 0 saturated heterocycles. The van der Waals surface area contributed by atoms with E-state index in [1.807, 2.05) is 32.5 Å². The van der Waals surface area contributed by atoms with E-state index in [0.717, 1.165) is 0 Å². The Morgan fingerprint density at radius 3 is 2.48 bits per heavy atom. The molecule has 2 aromatic rings. The summed E-state index contributed by atoms with van der Waals surface area (Å²) in [5.74, 6) is 0.662. The number of hydrogen-bond donors (Lipinski definition) is 3. The third-order valence-electron chi connectivity index (χ3n) is 4.21. The third-order valence-corrected chi connectivity index (χ3v) is 5.19. The molecule has 1 aromatic heterocycles. The average Bonchev–Trinajstić information content (AvgIpc) is 3.20. The summed E-state index contributed by atoms with van der Waals surface area (Å²) in [6.07, 6.45) is -0.818. The highest BCUT2D eigenvalue weighted by atomic mass is 32.1. The molecule has 0 aliphatic rings. The van der Waals surface area contributed by atoms with Crippen molar-refractivity contribution in [2.75, 3.05) is 33.7 Å². The maximum absolute atomic E-state index is 12.2. The number of nitrogens with zero attached hydrogens (tertiary/aromatic N) is 2. The van der Waals surface area contributed by atoms with Gasteiger partial charge in [0.15, 0.2) is 5.96 Å². The molecular formula is C20H28F2N4O2S. The Labute approximate surface area is 174 Å². The number of aliphatic hydroxyl groups excluding tert-OH is 1. The zero-order valence-electron chi connectivity index (χ0n) is 16.8. The Morgan fingerprint density at radius 2 is 1.93 bits per heavy atom. The minimum Gasteiger partial charge on any atom is -0.435 e. The molecule has 0 saturated carbocycles. The van der Waals surface area contributed by atoms with Gasteiger partial charge in [-0.25, -0.2) is 0 Å². The van der Waals surface area contributed by atoms with Crippen LogP contribution in [0.5, 0.6) is 5.75 Å². The standard InChI is InChI=1S/C20H28F2N4O2S/c1-4-23-20(24-12-16(26(2)3)18-6-5-11-29-18)25-13-17(27)14-7-9-15(10-8-14)28-19(21)22/h5-11,16-17,19,27H,4,12-13H2,1-3H3,(H2,23,24,25). The van der Waals surface area contributed by atoms with E-state index >= 15 is 0 Å². The van der Waals surface area contributed by atoms with E-state index in [0.29, 0.717) is 24.6 Å². The van der Waals surface area contributed by atoms with Crippen molar-refractivity contribution in [2.24, 2.45) is 4.99 Å². The van der Waals surface area contributed by atoms with Gasteiger partial charge in [0.1, 0.15) is 5.75 Å². The molecule has 6 nitrogen and oxygen atoms in total. The second kappa shape index (κ2) is 11.7. The number of aliphatic hydroxyl groups is 1. The lowest BCUT2D eigenvalue weighted by Crippen LogP contribution is -2.40. The second-order valence-electron chi connectivity index (χ2n) is 6.56. The Morgan fingerprint density at radius 1 is 1.21 bits per heavy atom. The van der Waals surface area contributed by atoms with Gasteiger partial charge in [0.25, 0.3) is 0 Å². The van der Waals surface area contributed by atoms with E-state index in [1.165, 1.54) is 17.0 Å². The van der Waals surface area contributed by atoms with Crippen LogP contribution in [0.1, 0.15) is 29.5 Å². The van der Waals surface area contributed by atoms with Gasteiger partial charge in [0.2, 0.25) is 0 Å². The number of guanidine groups is 1. The first kappa shape index (κ1) is 23.1. The molecule has 1 aromatic carbocycles. The first-order valence-electron chi connectivity index (χ1n) is 9.35. The summed E-state index contributed by atoms with van der Waals surface area (Å²) in [6, 6.07) is 10.2. The summed E-state index contributed by atoms with van der Waals surface area (Å²) < 4.78 is 28.8. The fraction of sp³-hybridized carbons (Fsp3) is 0.450. The van der Waals surface area contributed by atoms with Crippen molar-refractivity contribution in [2.45, 2.75) is 25.7 Å². The molecule has 0 fully saturated rings. The fourth-order valence-corrected chi connectivity index (χ4v) is 3.60. The smallest absolute Gasteiger partial charge is 0.387 e. The van der Waals surface area contributed by atoms with E-state index in [9.17, 15) is 13.9 Å². The molecule has 3 N–H and O–H groups in total. The number of halogens is 2. The highest BCUT2D eigenvalue weighted by Gasteiger charge is 2.15. The molecule has 160 valence electrons. The Hall–Kier alpha value is -2.23. The van der Waals surface area contributed by atoms with Crippen LogP contribution in [0.3, 0.4) is 0 Å². The largest absolute Gasteiger partial charge is 0.435 e. The number of nitrogens with one attached hydrogen (secondary N) is 2. The molecule has 0 aliphatic heterocycles. The lowest BCUT2D eigenvalue weighted by Gasteiger charge is -2.22. The van der Waals surface area contributed by atoms with Crippen LogP contribution in [0, 0.1) is 0 Å². The minimum absolute atomic E-state index is 0.0575. The predicted molar refractivity (Wildman–Crippen MR) is 113 cm³/mol. The number of alkyl halides is 2. The first-order chi connectivity index (χ1) is 13.9. The van der Waals surface area contributed by atoms with Crippen LogP contribution in [0.2, 0.25) is 0 Å². The van der Waals surface area contributed by atoms with Gasteiger partial charge in [-0.1, -0.05) is 18.2 Å². The first-order valence-corrected chi connectivity index (χ1v) is 10.2. The number of benzene rings is 1. The van der Waals surface area contributed by atoms with E-state index in [2.05, 4.69) is 31.3 Å². The predicted octanol–water partition coefficient (Wildman–Crippen LogP) is 3.24. The van der Waals surface area contributed by atoms with E-state index in [1.54, 1.807) is 23.5 Å². The van der Waals surface area contributed by atoms with E-state index in [4.69, 9.17) is 0 Å². The second-order valence-corrected chi connectivity index (χ2v) is 7.54. The Bertz CT molecular complexity index is 739. The molecule has 9 heteroatoms. The average molecular weight is 427 g/mol. The SMILES string of the molecule is CCNC(=NCC(c1cccs1)N(C)C)NCC(O)c1ccc(OC(F)F)cc1. The van der Waals surface area contributed by atoms with Crippen molar-refractivity contribution < 1.29 is 18.6 Å². The van der Waals surface area contributed by atoms with Crippen LogP contribution in [-0.2, 0) is 0 Å². The summed E-state index contributed by atoms with van der Waals surface area (Å²) in [5.41, 5.74) is 0.597. The van der Waals surface area contributed by atoms with E-state index in [-0.39, 0.29) is 18.3 Å². The highest BCUT2D eigenvalue weighted by molar-refractivity contribution is 7.10. The van der Waals surface area contributed by atoms with Gasteiger partial charge < -0.3 is 25.4 Å². The normalized spacial score (nSPS) is 14.1. The number of thiophene rings is 1. The summed E-state index contributed by atoms with van der Waals surface area (Å²) in [7, 11) is 4.04. The van der Waals surface area contributed by atoms with Crippen LogP contribution in [-0.4, -0.2) is 56.3 Å². The van der Waals surface area contributed by atoms with Gasteiger partial charge in [0, 0.05) is 18.0 Å². The molecule has 0 radical (unpaired) electrons. The number of aliphatic imine (C=N–C) groups is 1. The maximum atomic E-state index is 12.2. The Balaban J connectivity index is 1.96. The zero-order chi connectivity index (χ0) is 21.2. The maximum Gasteiger partial charge on any atom is 0.387 e. The number of likely N-dealkylation sites (N-methyl/N-ethyl adjacent to an activating group) is 1. The van der Waals surface area contributed by atoms with Crippen molar-refractivity contribution in [1.29, 1.82) is 0 Å². The van der Waals surface area contributed by atoms with Crippen LogP contribution in [0.4, 0.5) is 8.78 Å². The molecule has 0 bridgehead atoms. The van der Waals surface area contributed by atoms with Gasteiger partial charge in [-0.3, -0.25) is 4.99 Å². The number of hydrogen-bond acceptors (Lipinski definition) is 5. The molecular weight excluding hydrogens is 398 g/mol. The summed E-state index contributed by atoms with van der Waals surface area (Å²) >= 11 is 1.70. The van der Waals surface area contributed by atoms with E-state index < -0.39 is 12.7 Å². The molecule has 0 amide bonds. The summed E-state index contributed by atoms with van der Waals surface area (Å²) in [6.45, 7) is 0.586. The fourth-order valence-electron chi connectivity index (χ4n) is 2.69. The highest BCUT2D eigenvalue weighted by Crippen LogP contribution is 2.23. The van der Waals surface area contributed by atoms with Gasteiger partial charge in [-0.05, 0) is 50.2 Å².